The third-order valence-electron chi connectivity index (χ3n) is 6.91. The lowest BCUT2D eigenvalue weighted by Crippen LogP contribution is -2.53. The van der Waals surface area contributed by atoms with Crippen LogP contribution in [-0.2, 0) is 33.8 Å². The van der Waals surface area contributed by atoms with E-state index >= 15 is 0 Å². The van der Waals surface area contributed by atoms with Crippen LogP contribution in [0.1, 0.15) is 43.4 Å². The zero-order valence-corrected chi connectivity index (χ0v) is 24.1. The average Bonchev–Trinajstić information content (AvgIpc) is 3.32. The number of hydrogen-bond acceptors (Lipinski definition) is 8. The number of aryl methyl sites for hydroxylation is 1. The van der Waals surface area contributed by atoms with Crippen molar-refractivity contribution in [2.24, 2.45) is 17.2 Å². The molecule has 1 heterocycles. The average molecular weight is 569 g/mol. The summed E-state index contributed by atoms with van der Waals surface area (Å²) < 4.78 is 11.7. The monoisotopic (exact) mass is 568 g/mol. The minimum atomic E-state index is -1.13. The van der Waals surface area contributed by atoms with E-state index in [2.05, 4.69) is 10.6 Å². The normalized spacial score (nSPS) is 15.3. The van der Waals surface area contributed by atoms with Gasteiger partial charge in [-0.05, 0) is 44.4 Å². The van der Waals surface area contributed by atoms with Gasteiger partial charge in [-0.15, -0.1) is 0 Å². The molecule has 224 valence electrons. The Morgan fingerprint density at radius 1 is 1.10 bits per heavy atom. The Balaban J connectivity index is 1.69. The van der Waals surface area contributed by atoms with E-state index in [4.69, 9.17) is 26.7 Å². The fourth-order valence-corrected chi connectivity index (χ4v) is 4.80. The lowest BCUT2D eigenvalue weighted by atomic mass is 10.0. The largest absolute Gasteiger partial charge is 0.494 e. The van der Waals surface area contributed by atoms with Crippen molar-refractivity contribution >= 4 is 17.7 Å². The molecule has 0 bridgehead atoms. The lowest BCUT2D eigenvalue weighted by molar-refractivity contribution is -0.135. The van der Waals surface area contributed by atoms with Gasteiger partial charge in [-0.2, -0.15) is 0 Å². The number of ether oxygens (including phenoxy) is 2. The van der Waals surface area contributed by atoms with Gasteiger partial charge in [0.15, 0.2) is 0 Å². The first-order chi connectivity index (χ1) is 19.7. The van der Waals surface area contributed by atoms with Crippen LogP contribution >= 0.6 is 0 Å². The van der Waals surface area contributed by atoms with Gasteiger partial charge in [0, 0.05) is 50.3 Å². The van der Waals surface area contributed by atoms with Crippen LogP contribution in [0.4, 0.5) is 0 Å². The highest BCUT2D eigenvalue weighted by Gasteiger charge is 2.27. The molecule has 0 fully saturated rings. The Labute approximate surface area is 242 Å². The van der Waals surface area contributed by atoms with Crippen LogP contribution in [0.25, 0.3) is 0 Å². The maximum atomic E-state index is 13.4. The van der Waals surface area contributed by atoms with E-state index in [0.717, 1.165) is 28.9 Å². The number of nitrogens with two attached hydrogens (primary N) is 3. The minimum Gasteiger partial charge on any atom is -0.494 e. The summed E-state index contributed by atoms with van der Waals surface area (Å²) >= 11 is 0. The Kier molecular flexibility index (Phi) is 12.4. The zero-order valence-electron chi connectivity index (χ0n) is 24.1. The first-order valence-corrected chi connectivity index (χ1v) is 14.3. The van der Waals surface area contributed by atoms with E-state index in [1.54, 1.807) is 0 Å². The van der Waals surface area contributed by atoms with Crippen molar-refractivity contribution in [3.63, 3.8) is 0 Å². The Morgan fingerprint density at radius 2 is 1.80 bits per heavy atom. The van der Waals surface area contributed by atoms with Gasteiger partial charge in [-0.25, -0.2) is 0 Å². The molecule has 0 radical (unpaired) electrons. The molecule has 41 heavy (non-hydrogen) atoms. The molecule has 1 aliphatic rings. The van der Waals surface area contributed by atoms with Gasteiger partial charge in [0.2, 0.25) is 17.7 Å². The molecule has 0 saturated heterocycles. The molecular formula is C30H44N6O5. The molecule has 1 unspecified atom stereocenters. The van der Waals surface area contributed by atoms with Crippen LogP contribution in [-0.4, -0.2) is 73.6 Å². The summed E-state index contributed by atoms with van der Waals surface area (Å²) in [5.74, 6) is 0.215. The third-order valence-corrected chi connectivity index (χ3v) is 6.91. The quantitative estimate of drug-likeness (QED) is 0.196. The molecule has 11 nitrogen and oxygen atoms in total. The Hall–Kier alpha value is -3.67. The van der Waals surface area contributed by atoms with Crippen LogP contribution in [0.3, 0.4) is 0 Å². The molecule has 2 aromatic rings. The summed E-state index contributed by atoms with van der Waals surface area (Å²) in [6.45, 7) is 5.78. The van der Waals surface area contributed by atoms with Gasteiger partial charge in [0.25, 0.3) is 0 Å². The summed E-state index contributed by atoms with van der Waals surface area (Å²) in [6.07, 6.45) is 1.56. The van der Waals surface area contributed by atoms with Crippen LogP contribution in [0.2, 0.25) is 0 Å². The number of carbonyl (C=O) groups is 3. The van der Waals surface area contributed by atoms with Crippen molar-refractivity contribution in [1.82, 2.24) is 15.5 Å². The number of rotatable bonds is 16. The molecule has 1 aliphatic heterocycles. The van der Waals surface area contributed by atoms with Crippen LogP contribution in [0, 0.1) is 0 Å². The molecule has 0 saturated carbocycles. The summed E-state index contributed by atoms with van der Waals surface area (Å²) in [4.78, 5) is 40.6. The van der Waals surface area contributed by atoms with E-state index < -0.39 is 18.0 Å². The fraction of sp³-hybridized carbons (Fsp3) is 0.500. The van der Waals surface area contributed by atoms with Gasteiger partial charge in [-0.3, -0.25) is 14.4 Å². The molecule has 2 aromatic carbocycles. The van der Waals surface area contributed by atoms with Gasteiger partial charge < -0.3 is 42.2 Å². The first-order valence-electron chi connectivity index (χ1n) is 14.3. The highest BCUT2D eigenvalue weighted by molar-refractivity contribution is 5.92. The molecule has 0 spiro atoms. The fourth-order valence-electron chi connectivity index (χ4n) is 4.80. The molecule has 8 N–H and O–H groups in total. The van der Waals surface area contributed by atoms with E-state index in [1.165, 1.54) is 4.90 Å². The predicted molar refractivity (Wildman–Crippen MR) is 157 cm³/mol. The summed E-state index contributed by atoms with van der Waals surface area (Å²) in [5, 5.41) is 5.71. The number of hydrogen-bond donors (Lipinski definition) is 5. The zero-order chi connectivity index (χ0) is 29.8. The van der Waals surface area contributed by atoms with Gasteiger partial charge in [-0.1, -0.05) is 30.3 Å². The Bertz CT molecular complexity index is 1160. The number of nitrogens with zero attached hydrogens (tertiary/aromatic N) is 1. The SMILES string of the molecule is CCOc1cc2c(cc1CNC(=O)[C@H](CCc1ccccc1)NC(=O)[C@@H](N)CC(=O)N(CCN)CCN)OC(C)C2. The molecule has 3 amide bonds. The molecule has 3 rings (SSSR count). The van der Waals surface area contributed by atoms with E-state index in [0.29, 0.717) is 38.3 Å². The van der Waals surface area contributed by atoms with E-state index in [9.17, 15) is 14.4 Å². The van der Waals surface area contributed by atoms with Crippen molar-refractivity contribution in [2.45, 2.75) is 64.3 Å². The van der Waals surface area contributed by atoms with Crippen molar-refractivity contribution in [3.05, 3.63) is 59.2 Å². The van der Waals surface area contributed by atoms with Gasteiger partial charge in [0.05, 0.1) is 19.1 Å². The second kappa shape index (κ2) is 15.9. The number of carbonyl (C=O) groups excluding carboxylic acids is 3. The summed E-state index contributed by atoms with van der Waals surface area (Å²) in [5.41, 5.74) is 20.2. The van der Waals surface area contributed by atoms with Crippen LogP contribution in [0.5, 0.6) is 11.5 Å². The second-order valence-corrected chi connectivity index (χ2v) is 10.2. The topological polar surface area (TPSA) is 175 Å². The van der Waals surface area contributed by atoms with Gasteiger partial charge >= 0.3 is 0 Å². The Morgan fingerprint density at radius 3 is 2.46 bits per heavy atom. The second-order valence-electron chi connectivity index (χ2n) is 10.2. The molecule has 11 heteroatoms. The highest BCUT2D eigenvalue weighted by Crippen LogP contribution is 2.35. The number of benzene rings is 2. The van der Waals surface area contributed by atoms with Crippen molar-refractivity contribution in [3.8, 4) is 11.5 Å². The van der Waals surface area contributed by atoms with Crippen LogP contribution < -0.4 is 37.3 Å². The van der Waals surface area contributed by atoms with Crippen LogP contribution in [0.15, 0.2) is 42.5 Å². The number of fused-ring (bicyclic) bond motifs is 1. The maximum Gasteiger partial charge on any atom is 0.242 e. The van der Waals surface area contributed by atoms with Crippen molar-refractivity contribution < 1.29 is 23.9 Å². The third kappa shape index (κ3) is 9.44. The van der Waals surface area contributed by atoms with Crippen molar-refractivity contribution in [2.75, 3.05) is 32.8 Å². The molecule has 0 aliphatic carbocycles. The van der Waals surface area contributed by atoms with Crippen molar-refractivity contribution in [1.29, 1.82) is 0 Å². The number of amides is 3. The molecule has 3 atom stereocenters. The lowest BCUT2D eigenvalue weighted by Gasteiger charge is -2.24. The van der Waals surface area contributed by atoms with E-state index in [-0.39, 0.29) is 44.0 Å². The first kappa shape index (κ1) is 31.9. The molecular weight excluding hydrogens is 524 g/mol. The summed E-state index contributed by atoms with van der Waals surface area (Å²) in [6, 6.07) is 11.6. The maximum absolute atomic E-state index is 13.4. The van der Waals surface area contributed by atoms with Gasteiger partial charge in [0.1, 0.15) is 23.6 Å². The minimum absolute atomic E-state index is 0.0793. The smallest absolute Gasteiger partial charge is 0.242 e. The summed E-state index contributed by atoms with van der Waals surface area (Å²) in [7, 11) is 0. The molecule has 0 aromatic heterocycles. The highest BCUT2D eigenvalue weighted by atomic mass is 16.5. The number of nitrogens with one attached hydrogen (secondary N) is 2. The predicted octanol–water partition coefficient (Wildman–Crippen LogP) is 0.606. The standard InChI is InChI=1S/C30H44N6O5/c1-3-40-26-16-22-15-20(2)41-27(22)17-23(26)19-34-30(39)25(10-9-21-7-5-4-6-8-21)35-29(38)24(33)18-28(37)36(13-11-31)14-12-32/h4-8,16-17,20,24-25H,3,9-15,18-19,31-33H2,1-2H3,(H,34,39)(H,35,38)/t20?,24-,25-/m0/s1. The van der Waals surface area contributed by atoms with E-state index in [1.807, 2.05) is 56.3 Å².